The summed E-state index contributed by atoms with van der Waals surface area (Å²) in [5.74, 6) is -0.226. The van der Waals surface area contributed by atoms with Crippen LogP contribution < -0.4 is 15.2 Å². The van der Waals surface area contributed by atoms with Crippen LogP contribution in [-0.4, -0.2) is 21.4 Å². The Balaban J connectivity index is 2.31. The minimum Gasteiger partial charge on any atom is -0.495 e. The standard InChI is InChI=1S/C12H11BrN2O4S2/c1-19-9-3-2-8(5-10(9)21(14,17)18)15-12(16)7-4-11(13)20-6-7/h2-6H,1H3,(H,15,16)(H2,14,17,18). The molecule has 1 aromatic carbocycles. The molecule has 0 atom stereocenters. The quantitative estimate of drug-likeness (QED) is 0.836. The summed E-state index contributed by atoms with van der Waals surface area (Å²) < 4.78 is 28.8. The van der Waals surface area contributed by atoms with Crippen molar-refractivity contribution < 1.29 is 17.9 Å². The maximum atomic E-state index is 12.0. The molecule has 0 aliphatic rings. The van der Waals surface area contributed by atoms with Crippen molar-refractivity contribution in [2.45, 2.75) is 4.90 Å². The van der Waals surface area contributed by atoms with Crippen LogP contribution in [-0.2, 0) is 10.0 Å². The first-order chi connectivity index (χ1) is 9.81. The summed E-state index contributed by atoms with van der Waals surface area (Å²) in [5, 5.41) is 9.41. The molecule has 2 rings (SSSR count). The molecule has 2 aromatic rings. The number of sulfonamides is 1. The molecule has 0 spiro atoms. The van der Waals surface area contributed by atoms with Crippen LogP contribution in [0.1, 0.15) is 10.4 Å². The Morgan fingerprint density at radius 2 is 2.10 bits per heavy atom. The van der Waals surface area contributed by atoms with Gasteiger partial charge in [0.05, 0.1) is 16.5 Å². The van der Waals surface area contributed by atoms with Crippen LogP contribution in [0.15, 0.2) is 38.3 Å². The number of primary sulfonamides is 1. The molecule has 1 aromatic heterocycles. The molecule has 0 aliphatic carbocycles. The average Bonchev–Trinajstić information content (AvgIpc) is 2.84. The Morgan fingerprint density at radius 1 is 1.38 bits per heavy atom. The molecule has 0 fully saturated rings. The zero-order valence-electron chi connectivity index (χ0n) is 10.8. The van der Waals surface area contributed by atoms with Crippen LogP contribution in [0.5, 0.6) is 5.75 Å². The minimum atomic E-state index is -3.95. The van der Waals surface area contributed by atoms with Crippen LogP contribution in [0.3, 0.4) is 0 Å². The SMILES string of the molecule is COc1ccc(NC(=O)c2csc(Br)c2)cc1S(N)(=O)=O. The summed E-state index contributed by atoms with van der Waals surface area (Å²) in [7, 11) is -2.61. The second-order valence-corrected chi connectivity index (χ2v) is 7.82. The fraction of sp³-hybridized carbons (Fsp3) is 0.0833. The molecule has 6 nitrogen and oxygen atoms in total. The molecule has 3 N–H and O–H groups in total. The van der Waals surface area contributed by atoms with Gasteiger partial charge in [-0.1, -0.05) is 0 Å². The smallest absolute Gasteiger partial charge is 0.256 e. The summed E-state index contributed by atoms with van der Waals surface area (Å²) in [5.41, 5.74) is 0.784. The van der Waals surface area contributed by atoms with Crippen molar-refractivity contribution in [3.63, 3.8) is 0 Å². The monoisotopic (exact) mass is 390 g/mol. The molecule has 9 heteroatoms. The van der Waals surface area contributed by atoms with E-state index in [1.807, 2.05) is 0 Å². The molecule has 0 saturated carbocycles. The molecule has 1 heterocycles. The van der Waals surface area contributed by atoms with Crippen molar-refractivity contribution in [2.75, 3.05) is 12.4 Å². The average molecular weight is 391 g/mol. The van der Waals surface area contributed by atoms with Crippen LogP contribution in [0, 0.1) is 0 Å². The maximum Gasteiger partial charge on any atom is 0.256 e. The highest BCUT2D eigenvalue weighted by Crippen LogP contribution is 2.27. The third-order valence-corrected chi connectivity index (χ3v) is 4.99. The first kappa shape index (κ1) is 16.0. The predicted octanol–water partition coefficient (Wildman–Crippen LogP) is 2.42. The number of thiophene rings is 1. The van der Waals surface area contributed by atoms with Crippen molar-refractivity contribution in [2.24, 2.45) is 5.14 Å². The number of carbonyl (C=O) groups is 1. The van der Waals surface area contributed by atoms with E-state index < -0.39 is 10.0 Å². The highest BCUT2D eigenvalue weighted by atomic mass is 79.9. The summed E-state index contributed by atoms with van der Waals surface area (Å²) in [6.45, 7) is 0. The molecule has 1 amide bonds. The number of hydrogen-bond donors (Lipinski definition) is 2. The Morgan fingerprint density at radius 3 is 2.62 bits per heavy atom. The molecular weight excluding hydrogens is 380 g/mol. The summed E-state index contributed by atoms with van der Waals surface area (Å²) in [4.78, 5) is 11.8. The number of nitrogens with one attached hydrogen (secondary N) is 1. The van der Waals surface area contributed by atoms with Gasteiger partial charge in [-0.2, -0.15) is 0 Å². The lowest BCUT2D eigenvalue weighted by Gasteiger charge is -2.09. The number of halogens is 1. The van der Waals surface area contributed by atoms with Gasteiger partial charge in [-0.25, -0.2) is 13.6 Å². The third-order valence-electron chi connectivity index (χ3n) is 2.56. The molecule has 0 unspecified atom stereocenters. The second-order valence-electron chi connectivity index (χ2n) is 4.00. The van der Waals surface area contributed by atoms with Gasteiger partial charge < -0.3 is 10.1 Å². The number of nitrogens with two attached hydrogens (primary N) is 1. The largest absolute Gasteiger partial charge is 0.495 e. The summed E-state index contributed by atoms with van der Waals surface area (Å²) in [6.07, 6.45) is 0. The topological polar surface area (TPSA) is 98.5 Å². The molecule has 0 bridgehead atoms. The Bertz CT molecular complexity index is 786. The van der Waals surface area contributed by atoms with E-state index in [1.165, 1.54) is 36.6 Å². The number of anilines is 1. The van der Waals surface area contributed by atoms with E-state index in [-0.39, 0.29) is 16.6 Å². The zero-order chi connectivity index (χ0) is 15.6. The molecular formula is C12H11BrN2O4S2. The van der Waals surface area contributed by atoms with Crippen molar-refractivity contribution >= 4 is 48.9 Å². The minimum absolute atomic E-state index is 0.119. The number of ether oxygens (including phenoxy) is 1. The van der Waals surface area contributed by atoms with Crippen LogP contribution in [0.4, 0.5) is 5.69 Å². The Kier molecular flexibility index (Phi) is 4.67. The number of rotatable bonds is 4. The second kappa shape index (κ2) is 6.14. The number of carbonyl (C=O) groups excluding carboxylic acids is 1. The lowest BCUT2D eigenvalue weighted by Crippen LogP contribution is -2.15. The van der Waals surface area contributed by atoms with E-state index in [2.05, 4.69) is 21.2 Å². The van der Waals surface area contributed by atoms with Crippen LogP contribution in [0.2, 0.25) is 0 Å². The molecule has 112 valence electrons. The van der Waals surface area contributed by atoms with E-state index >= 15 is 0 Å². The highest BCUT2D eigenvalue weighted by molar-refractivity contribution is 9.11. The van der Waals surface area contributed by atoms with Crippen molar-refractivity contribution in [3.05, 3.63) is 39.0 Å². The van der Waals surface area contributed by atoms with Crippen LogP contribution in [0.25, 0.3) is 0 Å². The van der Waals surface area contributed by atoms with Crippen LogP contribution >= 0.6 is 27.3 Å². The van der Waals surface area contributed by atoms with Gasteiger partial charge in [-0.15, -0.1) is 11.3 Å². The number of hydrogen-bond acceptors (Lipinski definition) is 5. The Labute approximate surface area is 134 Å². The van der Waals surface area contributed by atoms with E-state index in [4.69, 9.17) is 9.88 Å². The van der Waals surface area contributed by atoms with Crippen molar-refractivity contribution in [1.29, 1.82) is 0 Å². The van der Waals surface area contributed by atoms with Gasteiger partial charge in [0, 0.05) is 11.1 Å². The van der Waals surface area contributed by atoms with Gasteiger partial charge in [0.25, 0.3) is 5.91 Å². The number of benzene rings is 1. The highest BCUT2D eigenvalue weighted by Gasteiger charge is 2.17. The molecule has 0 aliphatic heterocycles. The van der Waals surface area contributed by atoms with Gasteiger partial charge in [0.2, 0.25) is 10.0 Å². The van der Waals surface area contributed by atoms with Gasteiger partial charge >= 0.3 is 0 Å². The zero-order valence-corrected chi connectivity index (χ0v) is 14.0. The summed E-state index contributed by atoms with van der Waals surface area (Å²) >= 11 is 4.65. The van der Waals surface area contributed by atoms with E-state index in [0.717, 1.165) is 3.79 Å². The van der Waals surface area contributed by atoms with E-state index in [0.29, 0.717) is 11.3 Å². The normalized spacial score (nSPS) is 11.2. The third kappa shape index (κ3) is 3.82. The lowest BCUT2D eigenvalue weighted by atomic mass is 10.2. The lowest BCUT2D eigenvalue weighted by molar-refractivity contribution is 0.102. The Hall–Kier alpha value is -1.42. The van der Waals surface area contributed by atoms with Crippen molar-refractivity contribution in [1.82, 2.24) is 0 Å². The first-order valence-electron chi connectivity index (χ1n) is 5.57. The van der Waals surface area contributed by atoms with Gasteiger partial charge in [0.1, 0.15) is 10.6 Å². The number of methoxy groups -OCH3 is 1. The molecule has 0 radical (unpaired) electrons. The molecule has 21 heavy (non-hydrogen) atoms. The maximum absolute atomic E-state index is 12.0. The molecule has 0 saturated heterocycles. The summed E-state index contributed by atoms with van der Waals surface area (Å²) in [6, 6.07) is 5.89. The number of amides is 1. The fourth-order valence-corrected chi connectivity index (χ4v) is 3.47. The van der Waals surface area contributed by atoms with Gasteiger partial charge in [0.15, 0.2) is 0 Å². The predicted molar refractivity (Wildman–Crippen MR) is 84.3 cm³/mol. The first-order valence-corrected chi connectivity index (χ1v) is 8.79. The van der Waals surface area contributed by atoms with Gasteiger partial charge in [-0.05, 0) is 40.2 Å². The van der Waals surface area contributed by atoms with E-state index in [1.54, 1.807) is 11.4 Å². The van der Waals surface area contributed by atoms with Gasteiger partial charge in [-0.3, -0.25) is 4.79 Å². The van der Waals surface area contributed by atoms with E-state index in [9.17, 15) is 13.2 Å². The fourth-order valence-electron chi connectivity index (χ4n) is 1.61. The van der Waals surface area contributed by atoms with Crippen molar-refractivity contribution in [3.8, 4) is 5.75 Å².